The minimum Gasteiger partial charge on any atom is -0.356 e. The number of hydrogen-bond donors (Lipinski definition) is 2. The number of rotatable bonds is 6. The molecule has 2 N–H and O–H groups in total. The number of carbonyl (C=O) groups is 2. The molecule has 0 bridgehead atoms. The second-order valence-corrected chi connectivity index (χ2v) is 11.8. The lowest BCUT2D eigenvalue weighted by molar-refractivity contribution is -0.127. The van der Waals surface area contributed by atoms with Crippen LogP contribution in [0.5, 0.6) is 0 Å². The predicted octanol–water partition coefficient (Wildman–Crippen LogP) is 4.22. The molecule has 0 radical (unpaired) electrons. The summed E-state index contributed by atoms with van der Waals surface area (Å²) >= 11 is 1.69. The average Bonchev–Trinajstić information content (AvgIpc) is 2.77. The van der Waals surface area contributed by atoms with Gasteiger partial charge in [0, 0.05) is 36.8 Å². The summed E-state index contributed by atoms with van der Waals surface area (Å²) in [5.41, 5.74) is 2.27. The van der Waals surface area contributed by atoms with Crippen LogP contribution in [0.3, 0.4) is 0 Å². The minimum absolute atomic E-state index is 0.00445. The first-order valence-electron chi connectivity index (χ1n) is 12.6. The fourth-order valence-corrected chi connectivity index (χ4v) is 6.97. The third-order valence-electron chi connectivity index (χ3n) is 7.25. The molecule has 3 fully saturated rings. The molecule has 0 spiro atoms. The number of thioether (sulfide) groups is 1. The number of likely N-dealkylation sites (tertiary alicyclic amines) is 1. The van der Waals surface area contributed by atoms with Gasteiger partial charge in [-0.05, 0) is 69.0 Å². The summed E-state index contributed by atoms with van der Waals surface area (Å²) < 4.78 is 0. The number of amides is 2. The van der Waals surface area contributed by atoms with Crippen molar-refractivity contribution in [3.8, 4) is 0 Å². The van der Waals surface area contributed by atoms with E-state index in [0.29, 0.717) is 5.25 Å². The summed E-state index contributed by atoms with van der Waals surface area (Å²) in [6.45, 7) is 10.9. The second-order valence-electron chi connectivity index (χ2n) is 10.5. The molecule has 1 aliphatic carbocycles. The Hall–Kier alpha value is -1.79. The van der Waals surface area contributed by atoms with Crippen molar-refractivity contribution in [2.45, 2.75) is 64.2 Å². The second kappa shape index (κ2) is 11.1. The van der Waals surface area contributed by atoms with Gasteiger partial charge in [0.05, 0.1) is 4.91 Å². The standard InChI is InChI=1S/C27H39N3O2S/c1-18-5-7-21(8-6-18)14-25-27(32)29-23-15-22(9-10-24(23)33-25)26(31)28-11-4-12-30-16-19(2)13-20(3)17-30/h5-8,14,19-20,22-24H,4,9-13,15-17H2,1-3H3,(H,28,31)(H,29,32)/b25-14+. The highest BCUT2D eigenvalue weighted by atomic mass is 32.2. The van der Waals surface area contributed by atoms with Gasteiger partial charge in [0.2, 0.25) is 5.91 Å². The largest absolute Gasteiger partial charge is 0.356 e. The Kier molecular flexibility index (Phi) is 8.18. The first kappa shape index (κ1) is 24.3. The molecule has 33 heavy (non-hydrogen) atoms. The van der Waals surface area contributed by atoms with Crippen molar-refractivity contribution >= 4 is 29.7 Å². The Balaban J connectivity index is 1.22. The van der Waals surface area contributed by atoms with E-state index in [1.807, 2.05) is 6.08 Å². The topological polar surface area (TPSA) is 61.4 Å². The van der Waals surface area contributed by atoms with Crippen LogP contribution in [-0.2, 0) is 9.59 Å². The molecule has 1 aromatic carbocycles. The van der Waals surface area contributed by atoms with Crippen molar-refractivity contribution in [2.75, 3.05) is 26.2 Å². The summed E-state index contributed by atoms with van der Waals surface area (Å²) in [6, 6.07) is 8.32. The van der Waals surface area contributed by atoms with Crippen LogP contribution < -0.4 is 10.6 Å². The number of fused-ring (bicyclic) bond motifs is 1. The molecule has 4 rings (SSSR count). The van der Waals surface area contributed by atoms with Crippen LogP contribution >= 0.6 is 11.8 Å². The maximum atomic E-state index is 12.8. The molecule has 180 valence electrons. The molecule has 3 aliphatic rings. The van der Waals surface area contributed by atoms with E-state index < -0.39 is 0 Å². The molecule has 0 aromatic heterocycles. The highest BCUT2D eigenvalue weighted by Crippen LogP contribution is 2.40. The maximum Gasteiger partial charge on any atom is 0.257 e. The van der Waals surface area contributed by atoms with Gasteiger partial charge in [-0.25, -0.2) is 0 Å². The van der Waals surface area contributed by atoms with E-state index in [9.17, 15) is 9.59 Å². The molecule has 6 heteroatoms. The van der Waals surface area contributed by atoms with Gasteiger partial charge in [0.25, 0.3) is 5.91 Å². The lowest BCUT2D eigenvalue weighted by Gasteiger charge is -2.39. The molecule has 2 saturated heterocycles. The number of aryl methyl sites for hydroxylation is 1. The molecule has 1 aromatic rings. The van der Waals surface area contributed by atoms with Crippen molar-refractivity contribution in [3.05, 3.63) is 40.3 Å². The number of hydrogen-bond acceptors (Lipinski definition) is 4. The fraction of sp³-hybridized carbons (Fsp3) is 0.630. The average molecular weight is 470 g/mol. The summed E-state index contributed by atoms with van der Waals surface area (Å²) in [5.74, 6) is 1.70. The Bertz CT molecular complexity index is 859. The molecule has 2 aliphatic heterocycles. The number of carbonyl (C=O) groups excluding carboxylic acids is 2. The van der Waals surface area contributed by atoms with Crippen molar-refractivity contribution < 1.29 is 9.59 Å². The van der Waals surface area contributed by atoms with Gasteiger partial charge < -0.3 is 15.5 Å². The Labute approximate surface area is 203 Å². The predicted molar refractivity (Wildman–Crippen MR) is 137 cm³/mol. The van der Waals surface area contributed by atoms with Gasteiger partial charge in [-0.1, -0.05) is 43.7 Å². The number of nitrogens with zero attached hydrogens (tertiary/aromatic N) is 1. The minimum atomic E-state index is -0.00660. The van der Waals surface area contributed by atoms with Crippen LogP contribution in [0.2, 0.25) is 0 Å². The van der Waals surface area contributed by atoms with Crippen molar-refractivity contribution in [3.63, 3.8) is 0 Å². The molecule has 5 atom stereocenters. The lowest BCUT2D eigenvalue weighted by Crippen LogP contribution is -2.51. The normalized spacial score (nSPS) is 31.7. The van der Waals surface area contributed by atoms with Crippen LogP contribution in [0.4, 0.5) is 0 Å². The highest BCUT2D eigenvalue weighted by Gasteiger charge is 2.39. The number of benzene rings is 1. The Morgan fingerprint density at radius 2 is 1.88 bits per heavy atom. The third kappa shape index (κ3) is 6.63. The van der Waals surface area contributed by atoms with Crippen LogP contribution in [0, 0.1) is 24.7 Å². The van der Waals surface area contributed by atoms with E-state index in [2.05, 4.69) is 60.6 Å². The van der Waals surface area contributed by atoms with Gasteiger partial charge in [0.1, 0.15) is 0 Å². The SMILES string of the molecule is Cc1ccc(/C=C2/SC3CCC(C(=O)NCCCN4CC(C)CC(C)C4)CC3NC2=O)cc1. The molecule has 2 heterocycles. The monoisotopic (exact) mass is 469 g/mol. The Morgan fingerprint density at radius 3 is 2.61 bits per heavy atom. The Morgan fingerprint density at radius 1 is 1.15 bits per heavy atom. The maximum absolute atomic E-state index is 12.8. The van der Waals surface area contributed by atoms with Crippen molar-refractivity contribution in [1.82, 2.24) is 15.5 Å². The summed E-state index contributed by atoms with van der Waals surface area (Å²) in [7, 11) is 0. The van der Waals surface area contributed by atoms with Crippen LogP contribution in [0.25, 0.3) is 6.08 Å². The highest BCUT2D eigenvalue weighted by molar-refractivity contribution is 8.04. The van der Waals surface area contributed by atoms with Crippen molar-refractivity contribution in [2.24, 2.45) is 17.8 Å². The zero-order valence-corrected chi connectivity index (χ0v) is 21.1. The van der Waals surface area contributed by atoms with E-state index in [4.69, 9.17) is 0 Å². The van der Waals surface area contributed by atoms with E-state index in [1.54, 1.807) is 11.8 Å². The van der Waals surface area contributed by atoms with Gasteiger partial charge >= 0.3 is 0 Å². The zero-order valence-electron chi connectivity index (χ0n) is 20.3. The van der Waals surface area contributed by atoms with Crippen LogP contribution in [-0.4, -0.2) is 54.2 Å². The number of nitrogens with one attached hydrogen (secondary N) is 2. The van der Waals surface area contributed by atoms with Gasteiger partial charge in [-0.2, -0.15) is 0 Å². The van der Waals surface area contributed by atoms with Crippen LogP contribution in [0.15, 0.2) is 29.2 Å². The van der Waals surface area contributed by atoms with E-state index in [0.717, 1.165) is 61.1 Å². The van der Waals surface area contributed by atoms with Crippen molar-refractivity contribution in [1.29, 1.82) is 0 Å². The van der Waals surface area contributed by atoms with Gasteiger partial charge in [0.15, 0.2) is 0 Å². The third-order valence-corrected chi connectivity index (χ3v) is 8.67. The first-order valence-corrected chi connectivity index (χ1v) is 13.5. The molecule has 1 saturated carbocycles. The molecule has 5 nitrogen and oxygen atoms in total. The lowest BCUT2D eigenvalue weighted by atomic mass is 9.84. The molecular formula is C27H39N3O2S. The summed E-state index contributed by atoms with van der Waals surface area (Å²) in [4.78, 5) is 28.8. The van der Waals surface area contributed by atoms with E-state index in [1.165, 1.54) is 25.1 Å². The summed E-state index contributed by atoms with van der Waals surface area (Å²) in [5, 5.41) is 6.71. The molecule has 5 unspecified atom stereocenters. The first-order chi connectivity index (χ1) is 15.9. The van der Waals surface area contributed by atoms with E-state index in [-0.39, 0.29) is 23.8 Å². The summed E-state index contributed by atoms with van der Waals surface area (Å²) in [6.07, 6.45) is 6.92. The smallest absolute Gasteiger partial charge is 0.257 e. The molecule has 2 amide bonds. The zero-order chi connectivity index (χ0) is 23.4. The van der Waals surface area contributed by atoms with Gasteiger partial charge in [-0.15, -0.1) is 11.8 Å². The van der Waals surface area contributed by atoms with Gasteiger partial charge in [-0.3, -0.25) is 9.59 Å². The van der Waals surface area contributed by atoms with Crippen LogP contribution in [0.1, 0.15) is 57.1 Å². The number of piperidine rings is 1. The quantitative estimate of drug-likeness (QED) is 0.484. The fourth-order valence-electron chi connectivity index (χ4n) is 5.68. The molecular weight excluding hydrogens is 430 g/mol. The van der Waals surface area contributed by atoms with E-state index >= 15 is 0 Å².